The lowest BCUT2D eigenvalue weighted by Crippen LogP contribution is -2.30. The van der Waals surface area contributed by atoms with E-state index in [-0.39, 0.29) is 25.7 Å². The molecule has 0 amide bonds. The molecule has 0 aliphatic carbocycles. The number of carbonyl (C=O) groups is 4. The van der Waals surface area contributed by atoms with E-state index in [1.54, 1.807) is 0 Å². The summed E-state index contributed by atoms with van der Waals surface area (Å²) in [6.45, 7) is 7.07. The van der Waals surface area contributed by atoms with E-state index in [4.69, 9.17) is 37.0 Å². The zero-order valence-corrected chi connectivity index (χ0v) is 55.3. The Bertz CT molecular complexity index is 1730. The molecular weight excluding hydrogens is 1110 g/mol. The van der Waals surface area contributed by atoms with Crippen molar-refractivity contribution >= 4 is 39.5 Å². The fourth-order valence-electron chi connectivity index (χ4n) is 9.19. The van der Waals surface area contributed by atoms with E-state index in [9.17, 15) is 43.2 Å². The van der Waals surface area contributed by atoms with Crippen molar-refractivity contribution < 1.29 is 80.2 Å². The van der Waals surface area contributed by atoms with E-state index >= 15 is 0 Å². The second-order valence-electron chi connectivity index (χ2n) is 23.1. The summed E-state index contributed by atoms with van der Waals surface area (Å²) >= 11 is 0. The maximum Gasteiger partial charge on any atom is 0.472 e. The number of hydrogen-bond donors (Lipinski definition) is 3. The molecule has 0 bridgehead atoms. The van der Waals surface area contributed by atoms with Gasteiger partial charge in [-0.3, -0.25) is 37.3 Å². The first-order valence-electron chi connectivity index (χ1n) is 33.5. The lowest BCUT2D eigenvalue weighted by atomic mass is 9.99. The van der Waals surface area contributed by atoms with E-state index < -0.39 is 97.5 Å². The van der Waals surface area contributed by atoms with Gasteiger partial charge in [0.05, 0.1) is 26.4 Å². The van der Waals surface area contributed by atoms with Gasteiger partial charge in [0, 0.05) is 25.7 Å². The maximum atomic E-state index is 13.0. The van der Waals surface area contributed by atoms with E-state index in [0.717, 1.165) is 115 Å². The van der Waals surface area contributed by atoms with E-state index in [1.165, 1.54) is 109 Å². The van der Waals surface area contributed by atoms with Crippen molar-refractivity contribution in [2.45, 2.75) is 323 Å². The van der Waals surface area contributed by atoms with Crippen molar-refractivity contribution in [3.8, 4) is 0 Å². The molecule has 494 valence electrons. The van der Waals surface area contributed by atoms with Crippen LogP contribution in [0.3, 0.4) is 0 Å². The fraction of sp³-hybridized carbons (Fsp3) is 0.877. The average molecular weight is 1240 g/mol. The van der Waals surface area contributed by atoms with Gasteiger partial charge in [-0.25, -0.2) is 9.13 Å². The predicted molar refractivity (Wildman–Crippen MR) is 335 cm³/mol. The average Bonchev–Trinajstić information content (AvgIpc) is 3.66. The molecule has 0 radical (unpaired) electrons. The number of esters is 4. The first kappa shape index (κ1) is 81.5. The number of hydrogen-bond acceptors (Lipinski definition) is 15. The molecule has 0 rings (SSSR count). The van der Waals surface area contributed by atoms with Crippen LogP contribution < -0.4 is 0 Å². The summed E-state index contributed by atoms with van der Waals surface area (Å²) in [5.41, 5.74) is 0. The zero-order valence-electron chi connectivity index (χ0n) is 53.5. The summed E-state index contributed by atoms with van der Waals surface area (Å²) in [5, 5.41) is 10.5. The summed E-state index contributed by atoms with van der Waals surface area (Å²) in [4.78, 5) is 72.0. The Labute approximate surface area is 510 Å². The van der Waals surface area contributed by atoms with Crippen LogP contribution in [-0.2, 0) is 65.4 Å². The first-order valence-corrected chi connectivity index (χ1v) is 36.5. The Balaban J connectivity index is 5.22. The van der Waals surface area contributed by atoms with Crippen LogP contribution in [0, 0.1) is 5.92 Å². The van der Waals surface area contributed by atoms with Gasteiger partial charge in [0.15, 0.2) is 12.2 Å². The highest BCUT2D eigenvalue weighted by Gasteiger charge is 2.30. The van der Waals surface area contributed by atoms with Gasteiger partial charge in [-0.2, -0.15) is 0 Å². The summed E-state index contributed by atoms with van der Waals surface area (Å²) in [7, 11) is -9.89. The molecule has 84 heavy (non-hydrogen) atoms. The predicted octanol–water partition coefficient (Wildman–Crippen LogP) is 17.7. The van der Waals surface area contributed by atoms with Crippen LogP contribution in [0.2, 0.25) is 0 Å². The molecule has 3 N–H and O–H groups in total. The molecule has 3 unspecified atom stereocenters. The Morgan fingerprint density at radius 3 is 1.01 bits per heavy atom. The molecule has 6 atom stereocenters. The van der Waals surface area contributed by atoms with Crippen LogP contribution in [0.5, 0.6) is 0 Å². The van der Waals surface area contributed by atoms with Crippen LogP contribution in [-0.4, -0.2) is 96.7 Å². The smallest absolute Gasteiger partial charge is 0.462 e. The molecule has 17 nitrogen and oxygen atoms in total. The molecule has 0 saturated heterocycles. The van der Waals surface area contributed by atoms with Gasteiger partial charge < -0.3 is 33.8 Å². The molecule has 0 heterocycles. The number of carbonyl (C=O) groups excluding carboxylic acids is 4. The van der Waals surface area contributed by atoms with Crippen molar-refractivity contribution in [3.63, 3.8) is 0 Å². The summed E-state index contributed by atoms with van der Waals surface area (Å²) < 4.78 is 67.8. The Hall–Kier alpha value is -2.46. The van der Waals surface area contributed by atoms with Crippen LogP contribution in [0.25, 0.3) is 0 Å². The van der Waals surface area contributed by atoms with Crippen molar-refractivity contribution in [1.82, 2.24) is 0 Å². The quantitative estimate of drug-likeness (QED) is 0.0169. The highest BCUT2D eigenvalue weighted by molar-refractivity contribution is 7.47. The minimum absolute atomic E-state index is 0.0848. The molecule has 0 spiro atoms. The third-order valence-electron chi connectivity index (χ3n) is 14.8. The lowest BCUT2D eigenvalue weighted by Gasteiger charge is -2.21. The van der Waals surface area contributed by atoms with Crippen molar-refractivity contribution in [1.29, 1.82) is 0 Å². The molecule has 19 heteroatoms. The molecule has 0 saturated carbocycles. The van der Waals surface area contributed by atoms with Crippen LogP contribution >= 0.6 is 15.6 Å². The van der Waals surface area contributed by atoms with E-state index in [1.807, 2.05) is 0 Å². The second-order valence-corrected chi connectivity index (χ2v) is 26.0. The number of rotatable bonds is 63. The van der Waals surface area contributed by atoms with E-state index in [0.29, 0.717) is 25.7 Å². The fourth-order valence-corrected chi connectivity index (χ4v) is 10.8. The van der Waals surface area contributed by atoms with Crippen molar-refractivity contribution in [2.75, 3.05) is 39.6 Å². The summed E-state index contributed by atoms with van der Waals surface area (Å²) in [6, 6.07) is 0. The number of phosphoric acid groups is 2. The number of ether oxygens (including phenoxy) is 4. The normalized spacial score (nSPS) is 14.7. The van der Waals surface area contributed by atoms with Crippen LogP contribution in [0.4, 0.5) is 0 Å². The SMILES string of the molecule is CCCCCC/C=C\C=C/CCCCCCCC(=O)O[C@H](COC(=O)CCCCCCCCCCCCC(C)CC)COP(=O)(O)OC[C@@H](O)COP(=O)(O)OC[C@@H](COC(=O)CCCCCCC)OC(=O)CCCCCCCCCCCC. The highest BCUT2D eigenvalue weighted by Crippen LogP contribution is 2.45. The number of unbranched alkanes of at least 4 members (excludes halogenated alkanes) is 31. The largest absolute Gasteiger partial charge is 0.472 e. The summed E-state index contributed by atoms with van der Waals surface area (Å²) in [6.07, 6.45) is 45.5. The topological polar surface area (TPSA) is 237 Å². The maximum absolute atomic E-state index is 13.0. The van der Waals surface area contributed by atoms with Gasteiger partial charge in [0.2, 0.25) is 0 Å². The number of phosphoric ester groups is 2. The van der Waals surface area contributed by atoms with Gasteiger partial charge >= 0.3 is 39.5 Å². The molecule has 0 aromatic heterocycles. The standard InChI is InChI=1S/C65H122O17P2/c1-6-10-13-16-18-20-22-23-24-25-26-32-36-41-46-51-65(70)82-61(55-76-63(68)49-44-39-34-31-28-27-29-33-38-42-47-58(5)9-4)57-80-84(73,74)78-53-59(66)52-77-83(71,72)79-56-60(54-75-62(67)48-43-37-15-12-8-3)81-64(69)50-45-40-35-30-21-19-17-14-11-7-2/h20,22-24,58-61,66H,6-19,21,25-57H2,1-5H3,(H,71,72)(H,73,74)/b22-20-,24-23-/t58?,59-,60+,61+/m0/s1. The highest BCUT2D eigenvalue weighted by atomic mass is 31.2. The molecule has 0 aliphatic rings. The number of aliphatic hydroxyl groups excluding tert-OH is 1. The molecule has 0 aromatic rings. The molecular formula is C65H122O17P2. The zero-order chi connectivity index (χ0) is 62.0. The van der Waals surface area contributed by atoms with Crippen LogP contribution in [0.15, 0.2) is 24.3 Å². The summed E-state index contributed by atoms with van der Waals surface area (Å²) in [5.74, 6) is -1.37. The van der Waals surface area contributed by atoms with Gasteiger partial charge in [0.1, 0.15) is 19.3 Å². The number of allylic oxidation sites excluding steroid dienone is 4. The minimum atomic E-state index is -4.95. The third kappa shape index (κ3) is 57.3. The number of aliphatic hydroxyl groups is 1. The minimum Gasteiger partial charge on any atom is -0.462 e. The van der Waals surface area contributed by atoms with Gasteiger partial charge in [-0.15, -0.1) is 0 Å². The third-order valence-corrected chi connectivity index (χ3v) is 16.7. The molecule has 0 aliphatic heterocycles. The van der Waals surface area contributed by atoms with Crippen molar-refractivity contribution in [2.24, 2.45) is 5.92 Å². The van der Waals surface area contributed by atoms with Gasteiger partial charge in [-0.05, 0) is 57.3 Å². The van der Waals surface area contributed by atoms with Gasteiger partial charge in [0.25, 0.3) is 0 Å². The first-order chi connectivity index (χ1) is 40.6. The van der Waals surface area contributed by atoms with Crippen molar-refractivity contribution in [3.05, 3.63) is 24.3 Å². The Morgan fingerprint density at radius 1 is 0.381 bits per heavy atom. The Morgan fingerprint density at radius 2 is 0.667 bits per heavy atom. The Kier molecular flexibility index (Phi) is 56.5. The second kappa shape index (κ2) is 58.2. The molecule has 0 aromatic carbocycles. The lowest BCUT2D eigenvalue weighted by molar-refractivity contribution is -0.161. The van der Waals surface area contributed by atoms with Crippen LogP contribution in [0.1, 0.15) is 304 Å². The van der Waals surface area contributed by atoms with E-state index in [2.05, 4.69) is 58.9 Å². The molecule has 0 fully saturated rings. The van der Waals surface area contributed by atoms with Gasteiger partial charge in [-0.1, -0.05) is 252 Å². The monoisotopic (exact) mass is 1240 g/mol.